The molecule has 714 valence electrons. The van der Waals surface area contributed by atoms with Crippen LogP contribution in [0.5, 0.6) is 0 Å². The molecule has 0 radical (unpaired) electrons. The molecule has 21 fully saturated rings. The summed E-state index contributed by atoms with van der Waals surface area (Å²) in [6, 6.07) is 0. The first kappa shape index (κ1) is 103. The average Bonchev–Trinajstić information content (AvgIpc) is 0.780. The molecule has 20 N–H and O–H groups in total. The van der Waals surface area contributed by atoms with Gasteiger partial charge in [0.05, 0.1) is 83.5 Å². The number of carbonyl (C=O) groups is 14. The van der Waals surface area contributed by atoms with E-state index in [0.717, 1.165) is 6.92 Å². The highest BCUT2D eigenvalue weighted by Gasteiger charge is 2.61. The first-order valence-electron chi connectivity index (χ1n) is 39.0. The van der Waals surface area contributed by atoms with Gasteiger partial charge in [0.25, 0.3) is 0 Å². The molecule has 21 aliphatic rings. The van der Waals surface area contributed by atoms with Gasteiger partial charge >= 0.3 is 77.6 Å². The lowest BCUT2D eigenvalue weighted by molar-refractivity contribution is -0.396. The molecular weight excluding hydrogens is 1730 g/mol. The summed E-state index contributed by atoms with van der Waals surface area (Å²) in [6.45, 7) is -7.51. The molecule has 35 atom stereocenters. The fourth-order valence-electron chi connectivity index (χ4n) is 13.6. The van der Waals surface area contributed by atoms with Crippen molar-refractivity contribution in [3.63, 3.8) is 0 Å². The molecular formula is C71H100O55. The third-order valence-electron chi connectivity index (χ3n) is 20.3. The van der Waals surface area contributed by atoms with Gasteiger partial charge in [-0.25, -0.2) is 0 Å². The van der Waals surface area contributed by atoms with Crippen LogP contribution >= 0.6 is 0 Å². The number of aliphatic carboxylic acids is 6. The third-order valence-corrected chi connectivity index (χ3v) is 20.3. The van der Waals surface area contributed by atoms with Gasteiger partial charge in [0.1, 0.15) is 223 Å². The van der Waals surface area contributed by atoms with E-state index in [4.69, 9.17) is 99.5 Å². The minimum Gasteiger partial charge on any atom is -0.481 e. The molecule has 21 aliphatic heterocycles. The van der Waals surface area contributed by atoms with E-state index in [-0.39, 0.29) is 0 Å². The number of ether oxygens (including phenoxy) is 21. The topological polar surface area (TPSA) is 837 Å². The Morgan fingerprint density at radius 3 is 0.413 bits per heavy atom. The summed E-state index contributed by atoms with van der Waals surface area (Å²) >= 11 is 0. The van der Waals surface area contributed by atoms with Crippen molar-refractivity contribution >= 4 is 83.4 Å². The average molecular weight is 1830 g/mol. The molecule has 0 aromatic heterocycles. The van der Waals surface area contributed by atoms with Crippen LogP contribution in [0.15, 0.2) is 0 Å². The third kappa shape index (κ3) is 28.8. The molecule has 21 heterocycles. The van der Waals surface area contributed by atoms with Gasteiger partial charge in [-0.05, 0) is 6.92 Å². The highest BCUT2D eigenvalue weighted by molar-refractivity contribution is 5.81. The van der Waals surface area contributed by atoms with Crippen molar-refractivity contribution in [2.75, 3.05) is 46.2 Å². The second kappa shape index (κ2) is 47.8. The van der Waals surface area contributed by atoms with Gasteiger partial charge < -0.3 is 206 Å². The lowest BCUT2D eigenvalue weighted by Crippen LogP contribution is -2.68. The van der Waals surface area contributed by atoms with Crippen molar-refractivity contribution in [3.8, 4) is 0 Å². The van der Waals surface area contributed by atoms with Crippen molar-refractivity contribution in [3.05, 3.63) is 0 Å². The van der Waals surface area contributed by atoms with Gasteiger partial charge in [-0.2, -0.15) is 0 Å². The van der Waals surface area contributed by atoms with E-state index >= 15 is 0 Å². The van der Waals surface area contributed by atoms with Crippen LogP contribution in [0, 0.1) is 0 Å². The molecule has 0 aromatic carbocycles. The summed E-state index contributed by atoms with van der Waals surface area (Å²) in [4.78, 5) is 173. The maximum absolute atomic E-state index is 13.2. The number of aliphatic hydroxyl groups is 14. The maximum Gasteiger partial charge on any atom is 0.306 e. The Kier molecular flexibility index (Phi) is 39.1. The summed E-state index contributed by atoms with van der Waals surface area (Å²) in [5.74, 6) is -18.9. The van der Waals surface area contributed by atoms with Gasteiger partial charge in [0.15, 0.2) is 44.0 Å². The van der Waals surface area contributed by atoms with Crippen LogP contribution in [0.2, 0.25) is 0 Å². The van der Waals surface area contributed by atoms with E-state index < -0.39 is 434 Å². The molecule has 31 unspecified atom stereocenters. The van der Waals surface area contributed by atoms with Crippen molar-refractivity contribution in [1.29, 1.82) is 0 Å². The zero-order valence-corrected chi connectivity index (χ0v) is 66.3. The molecule has 0 saturated carbocycles. The van der Waals surface area contributed by atoms with E-state index in [0.29, 0.717) is 0 Å². The minimum atomic E-state index is -2.65. The van der Waals surface area contributed by atoms with Crippen LogP contribution in [0.25, 0.3) is 0 Å². The fourth-order valence-corrected chi connectivity index (χ4v) is 13.6. The molecule has 21 saturated heterocycles. The molecule has 21 rings (SSSR count). The number of hydrogen-bond donors (Lipinski definition) is 20. The van der Waals surface area contributed by atoms with Gasteiger partial charge in [0.2, 0.25) is 0 Å². The Balaban J connectivity index is 1.26. The van der Waals surface area contributed by atoms with E-state index in [9.17, 15) is 169 Å². The van der Waals surface area contributed by atoms with Gasteiger partial charge in [0, 0.05) is 6.42 Å². The van der Waals surface area contributed by atoms with E-state index in [1.807, 2.05) is 0 Å². The molecule has 55 heteroatoms. The van der Waals surface area contributed by atoms with Crippen molar-refractivity contribution in [1.82, 2.24) is 0 Å². The minimum absolute atomic E-state index is 0.444. The number of carboxylic acid groups (broad SMARTS) is 6. The first-order valence-corrected chi connectivity index (χ1v) is 39.0. The van der Waals surface area contributed by atoms with E-state index in [1.54, 1.807) is 0 Å². The number of ketones is 1. The lowest BCUT2D eigenvalue weighted by Gasteiger charge is -2.50. The van der Waals surface area contributed by atoms with Crippen LogP contribution < -0.4 is 0 Å². The first-order chi connectivity index (χ1) is 59.4. The van der Waals surface area contributed by atoms with Crippen LogP contribution in [-0.2, 0) is 167 Å². The molecule has 0 aliphatic carbocycles. The summed E-state index contributed by atoms with van der Waals surface area (Å²) in [6.07, 6.45) is -97.7. The second-order valence-corrected chi connectivity index (χ2v) is 29.7. The monoisotopic (exact) mass is 1830 g/mol. The molecule has 14 bridgehead atoms. The highest BCUT2D eigenvalue weighted by atomic mass is 16.8. The molecule has 55 nitrogen and oxygen atoms in total. The van der Waals surface area contributed by atoms with Gasteiger partial charge in [-0.1, -0.05) is 0 Å². The second-order valence-electron chi connectivity index (χ2n) is 29.7. The smallest absolute Gasteiger partial charge is 0.306 e. The Hall–Kier alpha value is -8.34. The Bertz CT molecular complexity index is 3050. The zero-order chi connectivity index (χ0) is 93.0. The molecule has 0 amide bonds. The van der Waals surface area contributed by atoms with Gasteiger partial charge in [-0.3, -0.25) is 62.3 Å². The standard InChI is InChI=1S/C71H100O55/c1-23(72)2-9-37(85)106-16-24-58-44(92)51(99)65(113-24)121-59-25(17-107-38(86)10-3-31(73)74)115-67(53(101)46(59)94)123-61-27(19-109-40(88)12-5-33(77)78)117-69(55(103)48(61)96)125-63-29(21-111-42(90)14-7-35(81)82)119-71(57(105)50(63)98)126-64-30(22-112-43(91)15-8-36(83)84)118-70(56(104)49(64)97)124-62-28(20-110-41(89)13-6-34(79)80)116-68(54(102)47(62)95)122-60-26(18-108-39(87)11-4-32(75)76)114-66(120-58)52(100)45(60)93/h24-30,44-71,92-105H,2-22H2,1H3,(H,73,74)(H,75,76)(H,77,78)(H,79,80)(H,81,82)(H,83,84)/t24?,25-,26?,27?,28?,29-,30?,44?,45?,46?,47?,48?,49?,50?,51+,52?,53+,54?,55?,56?,57?,58?,59?,60?,61?,62?,63?,64?,65?,66?,67?,68?,69?,70?,71?/m1/s1. The lowest BCUT2D eigenvalue weighted by atomic mass is 9.95. The predicted molar refractivity (Wildman–Crippen MR) is 377 cm³/mol. The van der Waals surface area contributed by atoms with Gasteiger partial charge in [-0.15, -0.1) is 0 Å². The van der Waals surface area contributed by atoms with Crippen LogP contribution in [0.3, 0.4) is 0 Å². The van der Waals surface area contributed by atoms with Crippen LogP contribution in [0.1, 0.15) is 96.8 Å². The molecule has 0 aromatic rings. The van der Waals surface area contributed by atoms with Crippen molar-refractivity contribution in [2.45, 2.75) is 312 Å². The number of carbonyl (C=O) groups excluding carboxylic acids is 8. The predicted octanol–water partition coefficient (Wildman–Crippen LogP) is -11.8. The van der Waals surface area contributed by atoms with Crippen molar-refractivity contribution < 1.29 is 269 Å². The Labute approximate surface area is 708 Å². The van der Waals surface area contributed by atoms with Crippen molar-refractivity contribution in [2.24, 2.45) is 0 Å². The molecule has 126 heavy (non-hydrogen) atoms. The zero-order valence-electron chi connectivity index (χ0n) is 66.3. The maximum atomic E-state index is 13.2. The Morgan fingerprint density at radius 1 is 0.183 bits per heavy atom. The van der Waals surface area contributed by atoms with Crippen LogP contribution in [-0.4, -0.2) is 447 Å². The number of Topliss-reactive ketones (excluding diaryl/α,β-unsaturated/α-hetero) is 1. The SMILES string of the molecule is CC(=O)CCC(=O)OCC1OC2OC3C(O)[C@H](O)C(OC4C(COC(=O)CCC(=O)O)OC(OC5C(O)C(O)C(OC6C(COC(=O)CCC(=O)O)OC(OC7C(COC(=O)CCC(=O)O)OC(OC8C(COC(=O)CCC(=O)O)OC(OC1C(O)[C@@H]2O)C(O)C8O)C(O)C7O)C(O)C6O)O[C@@H]5COC(=O)CCC(=O)O)C(O)C4O)O[C@@H]3COC(=O)CCC(=O)O. The highest BCUT2D eigenvalue weighted by Crippen LogP contribution is 2.40. The van der Waals surface area contributed by atoms with Crippen LogP contribution in [0.4, 0.5) is 0 Å². The largest absolute Gasteiger partial charge is 0.481 e. The quantitative estimate of drug-likeness (QED) is 0.0207. The number of esters is 7. The number of aliphatic hydroxyl groups excluding tert-OH is 14. The normalized spacial score (nSPS) is 37.8. The summed E-state index contributed by atoms with van der Waals surface area (Å²) in [5, 5.41) is 226. The summed E-state index contributed by atoms with van der Waals surface area (Å²) in [7, 11) is 0. The Morgan fingerprint density at radius 2 is 0.302 bits per heavy atom. The van der Waals surface area contributed by atoms with E-state index in [1.165, 1.54) is 0 Å². The summed E-state index contributed by atoms with van der Waals surface area (Å²) < 4.78 is 121. The number of hydrogen-bond acceptors (Lipinski definition) is 49. The van der Waals surface area contributed by atoms with E-state index in [2.05, 4.69) is 0 Å². The fraction of sp³-hybridized carbons (Fsp3) is 0.803. The summed E-state index contributed by atoms with van der Waals surface area (Å²) in [5.41, 5.74) is 0. The number of carboxylic acids is 6. The number of rotatable bonds is 35. The molecule has 0 spiro atoms.